The molecular weight excluding hydrogens is 457 g/mol. The van der Waals surface area contributed by atoms with Crippen LogP contribution >= 0.6 is 0 Å². The third-order valence-electron chi connectivity index (χ3n) is 5.50. The number of aromatic nitrogens is 6. The standard InChI is InChI=1S/C20H23F3N8O3/c1-13-16-17(26-12-27-18(16)33)31(28-13)7-9-34-8-2-15(32)29-3-5-30(6-4-29)19-24-10-14(11-25-19)20(21,22)23/h10-12H,2-9H2,1H3,(H,26,27,33). The van der Waals surface area contributed by atoms with Crippen molar-refractivity contribution in [1.82, 2.24) is 34.6 Å². The number of amides is 1. The van der Waals surface area contributed by atoms with Gasteiger partial charge in [-0.2, -0.15) is 18.3 Å². The van der Waals surface area contributed by atoms with Gasteiger partial charge in [0.25, 0.3) is 5.56 Å². The number of hydrogen-bond donors (Lipinski definition) is 1. The van der Waals surface area contributed by atoms with Crippen molar-refractivity contribution in [2.45, 2.75) is 26.1 Å². The van der Waals surface area contributed by atoms with E-state index in [0.717, 1.165) is 12.4 Å². The highest BCUT2D eigenvalue weighted by Crippen LogP contribution is 2.28. The maximum absolute atomic E-state index is 12.6. The molecule has 3 aromatic rings. The molecule has 11 nitrogen and oxygen atoms in total. The highest BCUT2D eigenvalue weighted by Gasteiger charge is 2.32. The number of piperazine rings is 1. The van der Waals surface area contributed by atoms with Crippen LogP contribution in [0.15, 0.2) is 23.5 Å². The average molecular weight is 480 g/mol. The van der Waals surface area contributed by atoms with Crippen LogP contribution in [0.2, 0.25) is 0 Å². The van der Waals surface area contributed by atoms with Gasteiger partial charge in [-0.25, -0.2) is 19.6 Å². The summed E-state index contributed by atoms with van der Waals surface area (Å²) >= 11 is 0. The van der Waals surface area contributed by atoms with Crippen LogP contribution in [0.1, 0.15) is 17.7 Å². The Bertz CT molecular complexity index is 1200. The number of alkyl halides is 3. The quantitative estimate of drug-likeness (QED) is 0.497. The van der Waals surface area contributed by atoms with Crippen molar-refractivity contribution >= 4 is 22.9 Å². The molecule has 1 amide bonds. The van der Waals surface area contributed by atoms with E-state index < -0.39 is 11.7 Å². The smallest absolute Gasteiger partial charge is 0.379 e. The van der Waals surface area contributed by atoms with E-state index in [9.17, 15) is 22.8 Å². The molecule has 1 N–H and O–H groups in total. The van der Waals surface area contributed by atoms with Gasteiger partial charge in [0.05, 0.1) is 43.8 Å². The zero-order valence-corrected chi connectivity index (χ0v) is 18.4. The summed E-state index contributed by atoms with van der Waals surface area (Å²) in [4.78, 5) is 42.1. The Balaban J connectivity index is 1.19. The number of nitrogens with one attached hydrogen (secondary N) is 1. The predicted molar refractivity (Wildman–Crippen MR) is 114 cm³/mol. The second-order valence-electron chi connectivity index (χ2n) is 7.74. The molecule has 14 heteroatoms. The Kier molecular flexibility index (Phi) is 6.77. The number of aromatic amines is 1. The number of aryl methyl sites for hydroxylation is 1. The van der Waals surface area contributed by atoms with Crippen LogP contribution in [0.25, 0.3) is 11.0 Å². The highest BCUT2D eigenvalue weighted by atomic mass is 19.4. The van der Waals surface area contributed by atoms with Crippen LogP contribution in [0.3, 0.4) is 0 Å². The van der Waals surface area contributed by atoms with Gasteiger partial charge >= 0.3 is 6.18 Å². The number of carbonyl (C=O) groups is 1. The topological polar surface area (TPSA) is 122 Å². The van der Waals surface area contributed by atoms with Crippen molar-refractivity contribution in [2.24, 2.45) is 0 Å². The van der Waals surface area contributed by atoms with Gasteiger partial charge in [0.15, 0.2) is 5.65 Å². The van der Waals surface area contributed by atoms with Crippen molar-refractivity contribution in [2.75, 3.05) is 44.3 Å². The molecule has 0 spiro atoms. The first-order chi connectivity index (χ1) is 16.2. The molecule has 1 fully saturated rings. The summed E-state index contributed by atoms with van der Waals surface area (Å²) in [6.45, 7) is 4.35. The molecule has 0 saturated carbocycles. The van der Waals surface area contributed by atoms with E-state index in [4.69, 9.17) is 4.74 Å². The number of fused-ring (bicyclic) bond motifs is 1. The maximum Gasteiger partial charge on any atom is 0.419 e. The summed E-state index contributed by atoms with van der Waals surface area (Å²) in [7, 11) is 0. The van der Waals surface area contributed by atoms with E-state index in [0.29, 0.717) is 56.1 Å². The van der Waals surface area contributed by atoms with Gasteiger partial charge in [0, 0.05) is 38.6 Å². The number of H-pyrrole nitrogens is 1. The SMILES string of the molecule is Cc1nn(CCOCCC(=O)N2CCN(c3ncc(C(F)(F)F)cn3)CC2)c2nc[nH]c(=O)c12. The number of ether oxygens (including phenoxy) is 1. The lowest BCUT2D eigenvalue weighted by atomic mass is 10.3. The van der Waals surface area contributed by atoms with Gasteiger partial charge < -0.3 is 19.5 Å². The van der Waals surface area contributed by atoms with E-state index in [1.807, 2.05) is 0 Å². The van der Waals surface area contributed by atoms with Crippen LogP contribution in [0, 0.1) is 6.92 Å². The maximum atomic E-state index is 12.6. The Morgan fingerprint density at radius 2 is 1.82 bits per heavy atom. The number of nitrogens with zero attached hydrogens (tertiary/aromatic N) is 7. The van der Waals surface area contributed by atoms with Crippen LogP contribution in [-0.2, 0) is 22.3 Å². The van der Waals surface area contributed by atoms with Crippen LogP contribution in [-0.4, -0.2) is 79.9 Å². The molecule has 1 saturated heterocycles. The Morgan fingerprint density at radius 1 is 1.12 bits per heavy atom. The normalized spacial score (nSPS) is 14.7. The Labute approximate surface area is 191 Å². The fourth-order valence-corrected chi connectivity index (χ4v) is 3.70. The lowest BCUT2D eigenvalue weighted by Crippen LogP contribution is -2.49. The van der Waals surface area contributed by atoms with Crippen molar-refractivity contribution < 1.29 is 22.7 Å². The van der Waals surface area contributed by atoms with Gasteiger partial charge in [0.2, 0.25) is 11.9 Å². The number of carbonyl (C=O) groups excluding carboxylic acids is 1. The number of rotatable bonds is 7. The Hall–Kier alpha value is -3.55. The van der Waals surface area contributed by atoms with Crippen LogP contribution in [0.5, 0.6) is 0 Å². The van der Waals surface area contributed by atoms with Gasteiger partial charge in [-0.1, -0.05) is 0 Å². The minimum atomic E-state index is -4.48. The van der Waals surface area contributed by atoms with Crippen molar-refractivity contribution in [1.29, 1.82) is 0 Å². The summed E-state index contributed by atoms with van der Waals surface area (Å²) < 4.78 is 45.1. The molecule has 0 aromatic carbocycles. The first-order valence-electron chi connectivity index (χ1n) is 10.6. The van der Waals surface area contributed by atoms with Gasteiger partial charge in [-0.05, 0) is 6.92 Å². The zero-order chi connectivity index (χ0) is 24.3. The molecule has 4 rings (SSSR count). The first-order valence-corrected chi connectivity index (χ1v) is 10.6. The molecule has 0 unspecified atom stereocenters. The fourth-order valence-electron chi connectivity index (χ4n) is 3.70. The average Bonchev–Trinajstić information content (AvgIpc) is 3.15. The third-order valence-corrected chi connectivity index (χ3v) is 5.50. The van der Waals surface area contributed by atoms with Crippen molar-refractivity contribution in [3.8, 4) is 0 Å². The van der Waals surface area contributed by atoms with Gasteiger partial charge in [-0.3, -0.25) is 9.59 Å². The second-order valence-corrected chi connectivity index (χ2v) is 7.74. The van der Waals surface area contributed by atoms with Crippen molar-refractivity contribution in [3.63, 3.8) is 0 Å². The van der Waals surface area contributed by atoms with Gasteiger partial charge in [0.1, 0.15) is 5.39 Å². The Morgan fingerprint density at radius 3 is 2.50 bits per heavy atom. The van der Waals surface area contributed by atoms with Crippen LogP contribution < -0.4 is 10.5 Å². The molecule has 1 aliphatic heterocycles. The number of anilines is 1. The molecular formula is C20H23F3N8O3. The monoisotopic (exact) mass is 480 g/mol. The predicted octanol–water partition coefficient (Wildman–Crippen LogP) is 0.992. The highest BCUT2D eigenvalue weighted by molar-refractivity contribution is 5.77. The molecule has 4 heterocycles. The summed E-state index contributed by atoms with van der Waals surface area (Å²) in [5, 5.41) is 4.76. The largest absolute Gasteiger partial charge is 0.419 e. The fraction of sp³-hybridized carbons (Fsp3) is 0.500. The van der Waals surface area contributed by atoms with E-state index in [-0.39, 0.29) is 30.4 Å². The van der Waals surface area contributed by atoms with E-state index >= 15 is 0 Å². The molecule has 0 bridgehead atoms. The number of hydrogen-bond acceptors (Lipinski definition) is 8. The van der Waals surface area contributed by atoms with E-state index in [1.54, 1.807) is 21.4 Å². The minimum Gasteiger partial charge on any atom is -0.379 e. The lowest BCUT2D eigenvalue weighted by molar-refractivity contribution is -0.138. The molecule has 0 radical (unpaired) electrons. The van der Waals surface area contributed by atoms with E-state index in [2.05, 4.69) is 25.0 Å². The lowest BCUT2D eigenvalue weighted by Gasteiger charge is -2.34. The zero-order valence-electron chi connectivity index (χ0n) is 18.4. The summed E-state index contributed by atoms with van der Waals surface area (Å²) in [5.74, 6) is 0.142. The third kappa shape index (κ3) is 5.16. The molecule has 0 aliphatic carbocycles. The molecule has 182 valence electrons. The van der Waals surface area contributed by atoms with Gasteiger partial charge in [-0.15, -0.1) is 0 Å². The van der Waals surface area contributed by atoms with Crippen molar-refractivity contribution in [3.05, 3.63) is 40.3 Å². The minimum absolute atomic E-state index is 0.0680. The summed E-state index contributed by atoms with van der Waals surface area (Å²) in [5.41, 5.74) is -0.0766. The molecule has 0 atom stereocenters. The molecule has 34 heavy (non-hydrogen) atoms. The molecule has 1 aliphatic rings. The first kappa shape index (κ1) is 23.6. The van der Waals surface area contributed by atoms with Crippen LogP contribution in [0.4, 0.5) is 19.1 Å². The van der Waals surface area contributed by atoms with E-state index in [1.165, 1.54) is 6.33 Å². The molecule has 3 aromatic heterocycles. The number of halogens is 3. The summed E-state index contributed by atoms with van der Waals surface area (Å²) in [6, 6.07) is 0. The second kappa shape index (κ2) is 9.75. The summed E-state index contributed by atoms with van der Waals surface area (Å²) in [6.07, 6.45) is -1.43.